The minimum Gasteiger partial charge on any atom is -0.453 e. The molecule has 0 fully saturated rings. The van der Waals surface area contributed by atoms with E-state index in [4.69, 9.17) is 8.94 Å². The van der Waals surface area contributed by atoms with Gasteiger partial charge in [0.05, 0.1) is 12.1 Å². The Bertz CT molecular complexity index is 1090. The molecule has 6 heteroatoms. The Hall–Kier alpha value is -3.67. The first-order valence-corrected chi connectivity index (χ1v) is 8.44. The summed E-state index contributed by atoms with van der Waals surface area (Å²) < 4.78 is 11.0. The van der Waals surface area contributed by atoms with E-state index in [1.54, 1.807) is 30.3 Å². The Kier molecular flexibility index (Phi) is 4.30. The number of carbonyl (C=O) groups is 2. The molecule has 0 aliphatic heterocycles. The number of ketones is 1. The number of fused-ring (bicyclic) bond motifs is 1. The zero-order valence-electron chi connectivity index (χ0n) is 14.6. The van der Waals surface area contributed by atoms with E-state index in [0.717, 1.165) is 11.0 Å². The van der Waals surface area contributed by atoms with Crippen molar-refractivity contribution in [1.29, 1.82) is 0 Å². The number of nitrogens with zero attached hydrogens (tertiary/aromatic N) is 1. The van der Waals surface area contributed by atoms with Crippen molar-refractivity contribution in [3.05, 3.63) is 71.9 Å². The molecular weight excluding hydrogens is 344 g/mol. The molecule has 0 spiro atoms. The van der Waals surface area contributed by atoms with Gasteiger partial charge in [0.2, 0.25) is 11.7 Å². The van der Waals surface area contributed by atoms with Crippen molar-refractivity contribution < 1.29 is 18.5 Å². The van der Waals surface area contributed by atoms with Gasteiger partial charge >= 0.3 is 0 Å². The third-order valence-electron chi connectivity index (χ3n) is 4.14. The second kappa shape index (κ2) is 6.92. The number of amides is 1. The van der Waals surface area contributed by atoms with Crippen LogP contribution in [0.2, 0.25) is 0 Å². The highest BCUT2D eigenvalue weighted by Gasteiger charge is 2.14. The maximum absolute atomic E-state index is 12.2. The molecule has 0 bridgehead atoms. The van der Waals surface area contributed by atoms with Gasteiger partial charge in [0, 0.05) is 22.7 Å². The number of carbonyl (C=O) groups excluding carboxylic acids is 2. The van der Waals surface area contributed by atoms with Crippen LogP contribution in [0.5, 0.6) is 0 Å². The number of Topliss-reactive ketones (excluding diaryl/α,β-unsaturated/α-hetero) is 1. The lowest BCUT2D eigenvalue weighted by molar-refractivity contribution is -0.115. The van der Waals surface area contributed by atoms with Gasteiger partial charge in [-0.25, -0.2) is 0 Å². The number of nitrogens with one attached hydrogen (secondary N) is 1. The van der Waals surface area contributed by atoms with Gasteiger partial charge in [-0.15, -0.1) is 0 Å². The van der Waals surface area contributed by atoms with E-state index in [1.807, 2.05) is 30.3 Å². The second-order valence-corrected chi connectivity index (χ2v) is 6.19. The minimum absolute atomic E-state index is 0.0198. The van der Waals surface area contributed by atoms with Crippen LogP contribution in [0.4, 0.5) is 5.69 Å². The van der Waals surface area contributed by atoms with E-state index in [9.17, 15) is 9.59 Å². The molecule has 0 saturated carbocycles. The van der Waals surface area contributed by atoms with Crippen LogP contribution >= 0.6 is 0 Å². The number of hydrogen-bond donors (Lipinski definition) is 1. The first kappa shape index (κ1) is 16.8. The maximum Gasteiger partial charge on any atom is 0.230 e. The standard InChI is InChI=1S/C21H16N2O4/c1-13(24)14-6-8-16(9-7-14)22-21(25)12-17-11-20(27-23-17)19-10-15-4-2-3-5-18(15)26-19/h2-11H,12H2,1H3,(H,22,25). The molecule has 0 atom stereocenters. The van der Waals surface area contributed by atoms with Gasteiger partial charge in [-0.2, -0.15) is 0 Å². The molecule has 0 aliphatic carbocycles. The van der Waals surface area contributed by atoms with Gasteiger partial charge in [-0.3, -0.25) is 9.59 Å². The smallest absolute Gasteiger partial charge is 0.230 e. The molecule has 0 saturated heterocycles. The van der Waals surface area contributed by atoms with E-state index in [1.165, 1.54) is 6.92 Å². The van der Waals surface area contributed by atoms with Crippen molar-refractivity contribution in [2.45, 2.75) is 13.3 Å². The van der Waals surface area contributed by atoms with E-state index in [2.05, 4.69) is 10.5 Å². The van der Waals surface area contributed by atoms with Crippen molar-refractivity contribution in [1.82, 2.24) is 5.16 Å². The van der Waals surface area contributed by atoms with Gasteiger partial charge in [0.15, 0.2) is 11.5 Å². The lowest BCUT2D eigenvalue weighted by Crippen LogP contribution is -2.14. The first-order valence-electron chi connectivity index (χ1n) is 8.44. The van der Waals surface area contributed by atoms with Crippen LogP contribution < -0.4 is 5.32 Å². The van der Waals surface area contributed by atoms with Crippen molar-refractivity contribution in [3.63, 3.8) is 0 Å². The van der Waals surface area contributed by atoms with E-state index in [-0.39, 0.29) is 18.1 Å². The average molecular weight is 360 g/mol. The number of para-hydroxylation sites is 1. The summed E-state index contributed by atoms with van der Waals surface area (Å²) in [5.41, 5.74) is 2.48. The fraction of sp³-hybridized carbons (Fsp3) is 0.0952. The van der Waals surface area contributed by atoms with Gasteiger partial charge in [-0.1, -0.05) is 23.4 Å². The Morgan fingerprint density at radius 2 is 1.78 bits per heavy atom. The monoisotopic (exact) mass is 360 g/mol. The van der Waals surface area contributed by atoms with Crippen LogP contribution in [0.3, 0.4) is 0 Å². The molecule has 27 heavy (non-hydrogen) atoms. The van der Waals surface area contributed by atoms with Crippen LogP contribution in [-0.4, -0.2) is 16.8 Å². The predicted octanol–water partition coefficient (Wildman–Crippen LogP) is 4.47. The fourth-order valence-electron chi connectivity index (χ4n) is 2.77. The third-order valence-corrected chi connectivity index (χ3v) is 4.14. The molecule has 2 aromatic heterocycles. The highest BCUT2D eigenvalue weighted by atomic mass is 16.5. The Morgan fingerprint density at radius 1 is 1.00 bits per heavy atom. The van der Waals surface area contributed by atoms with Gasteiger partial charge in [-0.05, 0) is 43.3 Å². The summed E-state index contributed by atoms with van der Waals surface area (Å²) in [5.74, 6) is 0.790. The van der Waals surface area contributed by atoms with Gasteiger partial charge in [0.1, 0.15) is 5.58 Å². The first-order chi connectivity index (χ1) is 13.1. The summed E-state index contributed by atoms with van der Waals surface area (Å²) in [7, 11) is 0. The van der Waals surface area contributed by atoms with Crippen LogP contribution in [-0.2, 0) is 11.2 Å². The Morgan fingerprint density at radius 3 is 2.52 bits per heavy atom. The summed E-state index contributed by atoms with van der Waals surface area (Å²) in [5, 5.41) is 7.68. The number of anilines is 1. The lowest BCUT2D eigenvalue weighted by atomic mass is 10.1. The Balaban J connectivity index is 1.44. The molecule has 4 aromatic rings. The van der Waals surface area contributed by atoms with E-state index < -0.39 is 0 Å². The van der Waals surface area contributed by atoms with Crippen molar-refractivity contribution in [3.8, 4) is 11.5 Å². The van der Waals surface area contributed by atoms with Crippen LogP contribution in [0.15, 0.2) is 69.6 Å². The molecule has 1 N–H and O–H groups in total. The number of rotatable bonds is 5. The minimum atomic E-state index is -0.227. The average Bonchev–Trinajstić information content (AvgIpc) is 3.28. The maximum atomic E-state index is 12.2. The fourth-order valence-corrected chi connectivity index (χ4v) is 2.77. The van der Waals surface area contributed by atoms with Crippen molar-refractivity contribution in [2.75, 3.05) is 5.32 Å². The lowest BCUT2D eigenvalue weighted by Gasteiger charge is -2.04. The van der Waals surface area contributed by atoms with E-state index >= 15 is 0 Å². The molecule has 0 aliphatic rings. The summed E-state index contributed by atoms with van der Waals surface area (Å²) in [4.78, 5) is 23.5. The van der Waals surface area contributed by atoms with Crippen molar-refractivity contribution in [2.24, 2.45) is 0 Å². The van der Waals surface area contributed by atoms with Crippen LogP contribution in [0, 0.1) is 0 Å². The van der Waals surface area contributed by atoms with Crippen LogP contribution in [0.25, 0.3) is 22.5 Å². The van der Waals surface area contributed by atoms with Crippen LogP contribution in [0.1, 0.15) is 23.0 Å². The molecule has 4 rings (SSSR count). The summed E-state index contributed by atoms with van der Waals surface area (Å²) in [6.07, 6.45) is 0.0676. The molecular formula is C21H16N2O4. The normalized spacial score (nSPS) is 10.9. The van der Waals surface area contributed by atoms with Crippen molar-refractivity contribution >= 4 is 28.3 Å². The molecule has 2 aromatic carbocycles. The molecule has 0 radical (unpaired) electrons. The molecule has 2 heterocycles. The SMILES string of the molecule is CC(=O)c1ccc(NC(=O)Cc2cc(-c3cc4ccccc4o3)on2)cc1. The molecule has 6 nitrogen and oxygen atoms in total. The summed E-state index contributed by atoms with van der Waals surface area (Å²) in [6.45, 7) is 1.50. The third kappa shape index (κ3) is 3.64. The Labute approximate surface area is 154 Å². The molecule has 0 unspecified atom stereocenters. The zero-order chi connectivity index (χ0) is 18.8. The molecule has 134 valence electrons. The number of benzene rings is 2. The second-order valence-electron chi connectivity index (χ2n) is 6.19. The zero-order valence-corrected chi connectivity index (χ0v) is 14.6. The quantitative estimate of drug-likeness (QED) is 0.531. The predicted molar refractivity (Wildman–Crippen MR) is 100 cm³/mol. The highest BCUT2D eigenvalue weighted by molar-refractivity contribution is 5.96. The summed E-state index contributed by atoms with van der Waals surface area (Å²) >= 11 is 0. The number of hydrogen-bond acceptors (Lipinski definition) is 5. The van der Waals surface area contributed by atoms with Gasteiger partial charge < -0.3 is 14.3 Å². The largest absolute Gasteiger partial charge is 0.453 e. The topological polar surface area (TPSA) is 85.3 Å². The summed E-state index contributed by atoms with van der Waals surface area (Å²) in [6, 6.07) is 17.9. The number of furan rings is 1. The van der Waals surface area contributed by atoms with Gasteiger partial charge in [0.25, 0.3) is 0 Å². The highest BCUT2D eigenvalue weighted by Crippen LogP contribution is 2.28. The molecule has 1 amide bonds. The number of aromatic nitrogens is 1. The van der Waals surface area contributed by atoms with E-state index in [0.29, 0.717) is 28.5 Å².